The summed E-state index contributed by atoms with van der Waals surface area (Å²) < 4.78 is 0. The van der Waals surface area contributed by atoms with Crippen LogP contribution in [0.25, 0.3) is 5.76 Å². The summed E-state index contributed by atoms with van der Waals surface area (Å²) in [5, 5.41) is 9.78. The number of carbonyl (C=O) groups is 1. The smallest absolute Gasteiger partial charge is 0.134 e. The molecule has 3 rings (SSSR count). The van der Waals surface area contributed by atoms with Crippen molar-refractivity contribution in [3.05, 3.63) is 77.9 Å². The lowest BCUT2D eigenvalue weighted by atomic mass is 9.67. The fraction of sp³-hybridized carbons (Fsp3) is 0.423. The highest BCUT2D eigenvalue weighted by molar-refractivity contribution is 5.78. The molecule has 3 atom stereocenters. The van der Waals surface area contributed by atoms with Gasteiger partial charge in [0.05, 0.1) is 0 Å². The summed E-state index contributed by atoms with van der Waals surface area (Å²) in [5.41, 5.74) is 3.32. The first-order valence-corrected chi connectivity index (χ1v) is 10.5. The summed E-state index contributed by atoms with van der Waals surface area (Å²) in [4.78, 5) is 14.7. The monoisotopic (exact) mass is 391 g/mol. The van der Waals surface area contributed by atoms with Gasteiger partial charge in [-0.2, -0.15) is 0 Å². The van der Waals surface area contributed by atoms with Crippen LogP contribution in [-0.4, -0.2) is 35.4 Å². The summed E-state index contributed by atoms with van der Waals surface area (Å²) in [7, 11) is 0. The molecule has 1 saturated heterocycles. The minimum Gasteiger partial charge on any atom is -0.508 e. The lowest BCUT2D eigenvalue weighted by molar-refractivity contribution is -0.121. The van der Waals surface area contributed by atoms with Crippen LogP contribution in [0.5, 0.6) is 0 Å². The van der Waals surface area contributed by atoms with E-state index in [1.807, 2.05) is 30.3 Å². The van der Waals surface area contributed by atoms with Gasteiger partial charge in [-0.25, -0.2) is 0 Å². The molecule has 0 aliphatic carbocycles. The van der Waals surface area contributed by atoms with Crippen LogP contribution in [0.15, 0.2) is 61.2 Å². The Morgan fingerprint density at radius 2 is 1.97 bits per heavy atom. The van der Waals surface area contributed by atoms with E-state index in [9.17, 15) is 9.90 Å². The third kappa shape index (κ3) is 4.97. The van der Waals surface area contributed by atoms with Crippen LogP contribution in [0.3, 0.4) is 0 Å². The Balaban J connectivity index is 1.69. The minimum atomic E-state index is 0.0370. The maximum absolute atomic E-state index is 12.3. The number of piperidine rings is 1. The fourth-order valence-electron chi connectivity index (χ4n) is 4.51. The second-order valence-electron chi connectivity index (χ2n) is 8.85. The molecular weight excluding hydrogens is 358 g/mol. The molecule has 2 aromatic rings. The number of Topliss-reactive ketones (excluding diaryl/α,β-unsaturated/α-hetero) is 1. The van der Waals surface area contributed by atoms with Gasteiger partial charge < -0.3 is 10.0 Å². The van der Waals surface area contributed by atoms with Crippen LogP contribution in [0.1, 0.15) is 43.9 Å². The Morgan fingerprint density at radius 3 is 2.59 bits per heavy atom. The number of nitrogens with zero attached hydrogens (tertiary/aromatic N) is 1. The van der Waals surface area contributed by atoms with Gasteiger partial charge in [0.2, 0.25) is 0 Å². The molecule has 2 aromatic carbocycles. The van der Waals surface area contributed by atoms with Crippen molar-refractivity contribution in [3.63, 3.8) is 0 Å². The van der Waals surface area contributed by atoms with Crippen molar-refractivity contribution in [1.29, 1.82) is 0 Å². The van der Waals surface area contributed by atoms with Crippen molar-refractivity contribution in [2.24, 2.45) is 11.8 Å². The zero-order valence-corrected chi connectivity index (χ0v) is 17.9. The number of benzene rings is 2. The van der Waals surface area contributed by atoms with Crippen LogP contribution >= 0.6 is 0 Å². The molecule has 1 heterocycles. The lowest BCUT2D eigenvalue weighted by Crippen LogP contribution is -2.49. The number of likely N-dealkylation sites (tertiary alicyclic amines) is 1. The molecule has 29 heavy (non-hydrogen) atoms. The molecule has 154 valence electrons. The molecule has 3 nitrogen and oxygen atoms in total. The van der Waals surface area contributed by atoms with Crippen molar-refractivity contribution < 1.29 is 9.90 Å². The third-order valence-corrected chi connectivity index (χ3v) is 6.80. The molecule has 0 amide bonds. The highest BCUT2D eigenvalue weighted by Crippen LogP contribution is 2.40. The predicted molar refractivity (Wildman–Crippen MR) is 120 cm³/mol. The second kappa shape index (κ2) is 8.96. The quantitative estimate of drug-likeness (QED) is 0.654. The van der Waals surface area contributed by atoms with Crippen LogP contribution in [0.2, 0.25) is 0 Å². The van der Waals surface area contributed by atoms with Gasteiger partial charge in [-0.1, -0.05) is 69.0 Å². The third-order valence-electron chi connectivity index (χ3n) is 6.80. The number of rotatable bonds is 7. The Hall–Kier alpha value is -2.39. The largest absolute Gasteiger partial charge is 0.508 e. The van der Waals surface area contributed by atoms with E-state index in [2.05, 4.69) is 49.6 Å². The van der Waals surface area contributed by atoms with Crippen LogP contribution < -0.4 is 0 Å². The van der Waals surface area contributed by atoms with E-state index in [0.29, 0.717) is 5.92 Å². The van der Waals surface area contributed by atoms with Crippen molar-refractivity contribution in [2.75, 3.05) is 19.6 Å². The molecular formula is C26H33NO2. The first-order valence-electron chi connectivity index (χ1n) is 10.5. The van der Waals surface area contributed by atoms with Crippen molar-refractivity contribution >= 4 is 11.5 Å². The SMILES string of the molecule is C=C(O)c1cccc(C2(C)CCN(CC(Cc3ccccc3)C(C)=O)CC2C)c1. The van der Waals surface area contributed by atoms with Gasteiger partial charge in [-0.05, 0) is 54.8 Å². The van der Waals surface area contributed by atoms with E-state index in [0.717, 1.165) is 38.0 Å². The standard InChI is InChI=1S/C26H33NO2/c1-19-17-27(18-24(21(3)29)15-22-9-6-5-7-10-22)14-13-26(19,4)25-12-8-11-23(16-25)20(2)28/h5-12,16,19,24,28H,2,13-15,17-18H2,1,3-4H3. The van der Waals surface area contributed by atoms with Gasteiger partial charge in [-0.15, -0.1) is 0 Å². The van der Waals surface area contributed by atoms with Crippen LogP contribution in [0, 0.1) is 11.8 Å². The molecule has 1 fully saturated rings. The highest BCUT2D eigenvalue weighted by Gasteiger charge is 2.38. The molecule has 0 bridgehead atoms. The maximum atomic E-state index is 12.3. The molecule has 1 aliphatic rings. The van der Waals surface area contributed by atoms with E-state index in [-0.39, 0.29) is 22.9 Å². The molecule has 1 N–H and O–H groups in total. The second-order valence-corrected chi connectivity index (χ2v) is 8.85. The predicted octanol–water partition coefficient (Wildman–Crippen LogP) is 5.26. The molecule has 0 saturated carbocycles. The summed E-state index contributed by atoms with van der Waals surface area (Å²) in [5.74, 6) is 0.868. The van der Waals surface area contributed by atoms with Gasteiger partial charge in [-0.3, -0.25) is 4.79 Å². The van der Waals surface area contributed by atoms with E-state index in [1.165, 1.54) is 11.1 Å². The first-order chi connectivity index (χ1) is 13.8. The molecule has 0 radical (unpaired) electrons. The zero-order chi connectivity index (χ0) is 21.0. The van der Waals surface area contributed by atoms with Gasteiger partial charge in [0.25, 0.3) is 0 Å². The first kappa shape index (κ1) is 21.3. The molecule has 3 unspecified atom stereocenters. The van der Waals surface area contributed by atoms with Crippen LogP contribution in [0.4, 0.5) is 0 Å². The van der Waals surface area contributed by atoms with E-state index >= 15 is 0 Å². The number of aliphatic hydroxyl groups excluding tert-OH is 1. The van der Waals surface area contributed by atoms with E-state index in [4.69, 9.17) is 0 Å². The van der Waals surface area contributed by atoms with Crippen molar-refractivity contribution in [2.45, 2.75) is 39.0 Å². The number of aliphatic hydroxyl groups is 1. The minimum absolute atomic E-state index is 0.0370. The number of ketones is 1. The van der Waals surface area contributed by atoms with Gasteiger partial charge in [0.1, 0.15) is 11.5 Å². The average Bonchev–Trinajstić information content (AvgIpc) is 2.71. The van der Waals surface area contributed by atoms with Gasteiger partial charge in [0, 0.05) is 24.6 Å². The molecule has 3 heteroatoms. The van der Waals surface area contributed by atoms with Gasteiger partial charge >= 0.3 is 0 Å². The number of carbonyl (C=O) groups excluding carboxylic acids is 1. The summed E-state index contributed by atoms with van der Waals surface area (Å²) in [6.45, 7) is 12.8. The zero-order valence-electron chi connectivity index (χ0n) is 17.9. The van der Waals surface area contributed by atoms with Gasteiger partial charge in [0.15, 0.2) is 0 Å². The molecule has 0 spiro atoms. The lowest BCUT2D eigenvalue weighted by Gasteiger charge is -2.46. The van der Waals surface area contributed by atoms with E-state index in [1.54, 1.807) is 6.92 Å². The fourth-order valence-corrected chi connectivity index (χ4v) is 4.51. The number of hydrogen-bond acceptors (Lipinski definition) is 3. The highest BCUT2D eigenvalue weighted by atomic mass is 16.3. The topological polar surface area (TPSA) is 40.5 Å². The molecule has 0 aromatic heterocycles. The van der Waals surface area contributed by atoms with E-state index < -0.39 is 0 Å². The summed E-state index contributed by atoms with van der Waals surface area (Å²) >= 11 is 0. The summed E-state index contributed by atoms with van der Waals surface area (Å²) in [6, 6.07) is 18.4. The van der Waals surface area contributed by atoms with Crippen molar-refractivity contribution in [3.8, 4) is 0 Å². The normalized spacial score (nSPS) is 23.5. The van der Waals surface area contributed by atoms with Crippen LogP contribution in [-0.2, 0) is 16.6 Å². The number of hydrogen-bond donors (Lipinski definition) is 1. The summed E-state index contributed by atoms with van der Waals surface area (Å²) in [6.07, 6.45) is 1.84. The average molecular weight is 392 g/mol. The Labute approximate surface area is 175 Å². The Morgan fingerprint density at radius 1 is 1.24 bits per heavy atom. The Kier molecular flexibility index (Phi) is 6.59. The Bertz CT molecular complexity index is 860. The maximum Gasteiger partial charge on any atom is 0.134 e. The van der Waals surface area contributed by atoms with Crippen molar-refractivity contribution in [1.82, 2.24) is 4.90 Å². The molecule has 1 aliphatic heterocycles.